The Balaban J connectivity index is 1.88. The predicted octanol–water partition coefficient (Wildman–Crippen LogP) is 3.14. The molecule has 2 nitrogen and oxygen atoms in total. The van der Waals surface area contributed by atoms with Crippen molar-refractivity contribution in [1.82, 2.24) is 4.90 Å². The Labute approximate surface area is 105 Å². The zero-order valence-corrected chi connectivity index (χ0v) is 11.0. The SMILES string of the molecule is CC(C)C1CCN(Cc2ccccc2N)CC1. The van der Waals surface area contributed by atoms with Crippen LogP contribution in [0.25, 0.3) is 0 Å². The van der Waals surface area contributed by atoms with E-state index in [1.807, 2.05) is 12.1 Å². The molecule has 0 radical (unpaired) electrons. The van der Waals surface area contributed by atoms with Gasteiger partial charge in [0.15, 0.2) is 0 Å². The Morgan fingerprint density at radius 2 is 1.88 bits per heavy atom. The minimum atomic E-state index is 0.832. The van der Waals surface area contributed by atoms with Gasteiger partial charge in [-0.3, -0.25) is 4.90 Å². The topological polar surface area (TPSA) is 29.3 Å². The molecule has 0 spiro atoms. The number of para-hydroxylation sites is 1. The molecule has 1 aromatic carbocycles. The Morgan fingerprint density at radius 3 is 2.47 bits per heavy atom. The van der Waals surface area contributed by atoms with Gasteiger partial charge in [-0.15, -0.1) is 0 Å². The molecule has 2 rings (SSSR count). The fourth-order valence-electron chi connectivity index (χ4n) is 2.70. The van der Waals surface area contributed by atoms with Gasteiger partial charge in [-0.2, -0.15) is 0 Å². The summed E-state index contributed by atoms with van der Waals surface area (Å²) in [6, 6.07) is 8.22. The molecule has 2 N–H and O–H groups in total. The van der Waals surface area contributed by atoms with E-state index in [0.717, 1.165) is 24.1 Å². The van der Waals surface area contributed by atoms with Crippen LogP contribution in [0.2, 0.25) is 0 Å². The second-order valence-electron chi connectivity index (χ2n) is 5.56. The van der Waals surface area contributed by atoms with Crippen LogP contribution in [0.15, 0.2) is 24.3 Å². The molecule has 1 aliphatic heterocycles. The van der Waals surface area contributed by atoms with E-state index in [1.165, 1.54) is 31.5 Å². The number of nitrogens with two attached hydrogens (primary N) is 1. The fourth-order valence-corrected chi connectivity index (χ4v) is 2.70. The molecule has 1 saturated heterocycles. The highest BCUT2D eigenvalue weighted by atomic mass is 15.1. The van der Waals surface area contributed by atoms with Crippen LogP contribution >= 0.6 is 0 Å². The maximum Gasteiger partial charge on any atom is 0.0359 e. The summed E-state index contributed by atoms with van der Waals surface area (Å²) < 4.78 is 0. The molecule has 1 fully saturated rings. The molecule has 0 unspecified atom stereocenters. The van der Waals surface area contributed by atoms with Gasteiger partial charge in [0.25, 0.3) is 0 Å². The number of nitrogens with zero attached hydrogens (tertiary/aromatic N) is 1. The van der Waals surface area contributed by atoms with Gasteiger partial charge in [0, 0.05) is 12.2 Å². The highest BCUT2D eigenvalue weighted by molar-refractivity contribution is 5.46. The summed E-state index contributed by atoms with van der Waals surface area (Å²) in [6.45, 7) is 8.14. The average Bonchev–Trinajstić information content (AvgIpc) is 2.33. The van der Waals surface area contributed by atoms with Gasteiger partial charge in [0.1, 0.15) is 0 Å². The van der Waals surface area contributed by atoms with Crippen molar-refractivity contribution in [2.24, 2.45) is 11.8 Å². The normalized spacial score (nSPS) is 18.8. The predicted molar refractivity (Wildman–Crippen MR) is 73.7 cm³/mol. The van der Waals surface area contributed by atoms with Crippen molar-refractivity contribution >= 4 is 5.69 Å². The number of likely N-dealkylation sites (tertiary alicyclic amines) is 1. The van der Waals surface area contributed by atoms with Crippen molar-refractivity contribution in [3.8, 4) is 0 Å². The highest BCUT2D eigenvalue weighted by Gasteiger charge is 2.21. The highest BCUT2D eigenvalue weighted by Crippen LogP contribution is 2.25. The minimum Gasteiger partial charge on any atom is -0.398 e. The van der Waals surface area contributed by atoms with Crippen LogP contribution in [0.3, 0.4) is 0 Å². The largest absolute Gasteiger partial charge is 0.398 e. The molecule has 0 atom stereocenters. The van der Waals surface area contributed by atoms with Crippen LogP contribution in [0.4, 0.5) is 5.69 Å². The van der Waals surface area contributed by atoms with Crippen molar-refractivity contribution in [3.05, 3.63) is 29.8 Å². The molecule has 94 valence electrons. The van der Waals surface area contributed by atoms with Gasteiger partial charge in [0.05, 0.1) is 0 Å². The van der Waals surface area contributed by atoms with E-state index >= 15 is 0 Å². The molecule has 1 aliphatic rings. The van der Waals surface area contributed by atoms with Crippen molar-refractivity contribution in [3.63, 3.8) is 0 Å². The number of nitrogen functional groups attached to an aromatic ring is 1. The van der Waals surface area contributed by atoms with Crippen LogP contribution in [0.5, 0.6) is 0 Å². The third kappa shape index (κ3) is 3.22. The Morgan fingerprint density at radius 1 is 1.24 bits per heavy atom. The molecule has 0 aromatic heterocycles. The molecular weight excluding hydrogens is 208 g/mol. The Hall–Kier alpha value is -1.02. The van der Waals surface area contributed by atoms with Crippen LogP contribution in [-0.4, -0.2) is 18.0 Å². The quantitative estimate of drug-likeness (QED) is 0.811. The first-order valence-electron chi connectivity index (χ1n) is 6.72. The number of benzene rings is 1. The number of rotatable bonds is 3. The summed E-state index contributed by atoms with van der Waals surface area (Å²) in [4.78, 5) is 2.53. The summed E-state index contributed by atoms with van der Waals surface area (Å²) in [5.41, 5.74) is 8.19. The van der Waals surface area contributed by atoms with E-state index in [2.05, 4.69) is 30.9 Å². The number of anilines is 1. The number of hydrogen-bond donors (Lipinski definition) is 1. The third-order valence-electron chi connectivity index (χ3n) is 4.02. The van der Waals surface area contributed by atoms with Gasteiger partial charge in [0.2, 0.25) is 0 Å². The van der Waals surface area contributed by atoms with E-state index in [4.69, 9.17) is 5.73 Å². The lowest BCUT2D eigenvalue weighted by Crippen LogP contribution is -2.34. The first kappa shape index (κ1) is 12.4. The Kier molecular flexibility index (Phi) is 4.06. The van der Waals surface area contributed by atoms with Crippen molar-refractivity contribution in [2.45, 2.75) is 33.2 Å². The lowest BCUT2D eigenvalue weighted by molar-refractivity contribution is 0.152. The van der Waals surface area contributed by atoms with Crippen LogP contribution in [0.1, 0.15) is 32.3 Å². The molecule has 0 bridgehead atoms. The lowest BCUT2D eigenvalue weighted by Gasteiger charge is -2.34. The lowest BCUT2D eigenvalue weighted by atomic mass is 9.86. The van der Waals surface area contributed by atoms with E-state index in [-0.39, 0.29) is 0 Å². The van der Waals surface area contributed by atoms with Crippen LogP contribution in [0, 0.1) is 11.8 Å². The molecule has 2 heteroatoms. The summed E-state index contributed by atoms with van der Waals surface area (Å²) in [5.74, 6) is 1.75. The molecule has 1 aromatic rings. The third-order valence-corrected chi connectivity index (χ3v) is 4.02. The van der Waals surface area contributed by atoms with E-state index in [0.29, 0.717) is 0 Å². The summed E-state index contributed by atoms with van der Waals surface area (Å²) in [7, 11) is 0. The first-order chi connectivity index (χ1) is 8.16. The van der Waals surface area contributed by atoms with E-state index < -0.39 is 0 Å². The summed E-state index contributed by atoms with van der Waals surface area (Å²) >= 11 is 0. The molecular formula is C15H24N2. The zero-order chi connectivity index (χ0) is 12.3. The first-order valence-corrected chi connectivity index (χ1v) is 6.72. The summed E-state index contributed by atoms with van der Waals surface area (Å²) in [6.07, 6.45) is 2.68. The summed E-state index contributed by atoms with van der Waals surface area (Å²) in [5, 5.41) is 0. The van der Waals surface area contributed by atoms with Crippen molar-refractivity contribution in [1.29, 1.82) is 0 Å². The number of hydrogen-bond acceptors (Lipinski definition) is 2. The molecule has 0 amide bonds. The van der Waals surface area contributed by atoms with Gasteiger partial charge in [-0.05, 0) is 49.4 Å². The van der Waals surface area contributed by atoms with E-state index in [9.17, 15) is 0 Å². The Bertz CT molecular complexity index is 352. The van der Waals surface area contributed by atoms with Gasteiger partial charge >= 0.3 is 0 Å². The molecule has 0 aliphatic carbocycles. The van der Waals surface area contributed by atoms with Crippen molar-refractivity contribution < 1.29 is 0 Å². The maximum atomic E-state index is 5.99. The average molecular weight is 232 g/mol. The second-order valence-corrected chi connectivity index (χ2v) is 5.56. The van der Waals surface area contributed by atoms with Gasteiger partial charge < -0.3 is 5.73 Å². The molecule has 1 heterocycles. The molecule has 0 saturated carbocycles. The minimum absolute atomic E-state index is 0.832. The maximum absolute atomic E-state index is 5.99. The number of piperidine rings is 1. The molecule has 17 heavy (non-hydrogen) atoms. The fraction of sp³-hybridized carbons (Fsp3) is 0.600. The van der Waals surface area contributed by atoms with Crippen molar-refractivity contribution in [2.75, 3.05) is 18.8 Å². The smallest absolute Gasteiger partial charge is 0.0359 e. The van der Waals surface area contributed by atoms with E-state index in [1.54, 1.807) is 0 Å². The van der Waals surface area contributed by atoms with Crippen LogP contribution in [-0.2, 0) is 6.54 Å². The van der Waals surface area contributed by atoms with Gasteiger partial charge in [-0.1, -0.05) is 32.0 Å². The van der Waals surface area contributed by atoms with Gasteiger partial charge in [-0.25, -0.2) is 0 Å². The van der Waals surface area contributed by atoms with Crippen LogP contribution < -0.4 is 5.73 Å². The second kappa shape index (κ2) is 5.54. The standard InChI is InChI=1S/C15H24N2/c1-12(2)13-7-9-17(10-8-13)11-14-5-3-4-6-15(14)16/h3-6,12-13H,7-11,16H2,1-2H3. The zero-order valence-electron chi connectivity index (χ0n) is 11.0. The monoisotopic (exact) mass is 232 g/mol.